The van der Waals surface area contributed by atoms with Crippen LogP contribution in [0.15, 0.2) is 34.1 Å². The van der Waals surface area contributed by atoms with Crippen molar-refractivity contribution in [2.24, 2.45) is 0 Å². The molecule has 7 heteroatoms. The van der Waals surface area contributed by atoms with E-state index in [2.05, 4.69) is 26.1 Å². The Bertz CT molecular complexity index is 793. The van der Waals surface area contributed by atoms with Crippen LogP contribution in [0.5, 0.6) is 0 Å². The van der Waals surface area contributed by atoms with Gasteiger partial charge in [0.1, 0.15) is 0 Å². The molecule has 3 rings (SSSR count). The average molecular weight is 436 g/mol. The Hall–Kier alpha value is -1.70. The lowest BCUT2D eigenvalue weighted by atomic mass is 10.1. The summed E-state index contributed by atoms with van der Waals surface area (Å²) in [6, 6.07) is 9.72. The third-order valence-electron chi connectivity index (χ3n) is 4.56. The number of thiophene rings is 1. The van der Waals surface area contributed by atoms with E-state index < -0.39 is 0 Å². The van der Waals surface area contributed by atoms with E-state index in [-0.39, 0.29) is 11.8 Å². The lowest BCUT2D eigenvalue weighted by Gasteiger charge is -2.34. The molecule has 0 spiro atoms. The van der Waals surface area contributed by atoms with Crippen molar-refractivity contribution in [2.45, 2.75) is 13.8 Å². The molecule has 1 aromatic heterocycles. The van der Waals surface area contributed by atoms with E-state index in [1.807, 2.05) is 49.1 Å². The van der Waals surface area contributed by atoms with Crippen molar-refractivity contribution in [3.05, 3.63) is 50.1 Å². The number of hydrogen-bond acceptors (Lipinski definition) is 4. The van der Waals surface area contributed by atoms with Crippen molar-refractivity contribution in [3.8, 4) is 0 Å². The molecule has 1 saturated heterocycles. The summed E-state index contributed by atoms with van der Waals surface area (Å²) in [5, 5.41) is 3.02. The second-order valence-corrected chi connectivity index (χ2v) is 8.95. The highest BCUT2D eigenvalue weighted by Gasteiger charge is 2.24. The third-order valence-corrected chi connectivity index (χ3v) is 6.17. The van der Waals surface area contributed by atoms with Gasteiger partial charge in [-0.1, -0.05) is 18.2 Å². The minimum atomic E-state index is -0.00985. The molecule has 0 radical (unpaired) electrons. The molecule has 0 saturated carbocycles. The Morgan fingerprint density at radius 3 is 2.31 bits per heavy atom. The van der Waals surface area contributed by atoms with Crippen LogP contribution in [-0.2, 0) is 4.79 Å². The van der Waals surface area contributed by atoms with Crippen LogP contribution in [0.25, 0.3) is 0 Å². The van der Waals surface area contributed by atoms with Gasteiger partial charge in [0.25, 0.3) is 5.91 Å². The molecular weight excluding hydrogens is 414 g/mol. The molecule has 1 aliphatic rings. The first kappa shape index (κ1) is 19.1. The minimum absolute atomic E-state index is 0.00985. The Kier molecular flexibility index (Phi) is 6.11. The second-order valence-electron chi connectivity index (χ2n) is 6.49. The fourth-order valence-electron chi connectivity index (χ4n) is 3.09. The summed E-state index contributed by atoms with van der Waals surface area (Å²) in [5.41, 5.74) is 3.03. The average Bonchev–Trinajstić information content (AvgIpc) is 3.05. The van der Waals surface area contributed by atoms with Crippen molar-refractivity contribution in [1.29, 1.82) is 0 Å². The van der Waals surface area contributed by atoms with E-state index in [0.717, 1.165) is 25.5 Å². The first-order valence-corrected chi connectivity index (χ1v) is 10.2. The fourth-order valence-corrected chi connectivity index (χ4v) is 4.44. The Morgan fingerprint density at radius 1 is 1.08 bits per heavy atom. The molecule has 1 aromatic carbocycles. The quantitative estimate of drug-likeness (QED) is 0.798. The number of nitrogens with one attached hydrogen (secondary N) is 1. The van der Waals surface area contributed by atoms with E-state index in [1.165, 1.54) is 11.3 Å². The molecular formula is C19H22BrN3O2S. The summed E-state index contributed by atoms with van der Waals surface area (Å²) in [7, 11) is 0. The first-order chi connectivity index (χ1) is 12.4. The number of rotatable bonds is 4. The molecule has 26 heavy (non-hydrogen) atoms. The van der Waals surface area contributed by atoms with Gasteiger partial charge in [0.15, 0.2) is 0 Å². The lowest BCUT2D eigenvalue weighted by molar-refractivity contribution is -0.117. The van der Waals surface area contributed by atoms with Crippen LogP contribution in [0.3, 0.4) is 0 Å². The summed E-state index contributed by atoms with van der Waals surface area (Å²) < 4.78 is 0.961. The summed E-state index contributed by atoms with van der Waals surface area (Å²) in [6.45, 7) is 7.04. The van der Waals surface area contributed by atoms with Gasteiger partial charge >= 0.3 is 0 Å². The van der Waals surface area contributed by atoms with E-state index in [1.54, 1.807) is 0 Å². The molecule has 0 unspecified atom stereocenters. The summed E-state index contributed by atoms with van der Waals surface area (Å²) >= 11 is 4.85. The maximum Gasteiger partial charge on any atom is 0.264 e. The van der Waals surface area contributed by atoms with Crippen LogP contribution in [-0.4, -0.2) is 54.3 Å². The van der Waals surface area contributed by atoms with E-state index >= 15 is 0 Å². The van der Waals surface area contributed by atoms with Gasteiger partial charge < -0.3 is 10.2 Å². The number of anilines is 1. The van der Waals surface area contributed by atoms with Crippen molar-refractivity contribution in [3.63, 3.8) is 0 Å². The summed E-state index contributed by atoms with van der Waals surface area (Å²) in [6.07, 6.45) is 0. The van der Waals surface area contributed by atoms with E-state index in [4.69, 9.17) is 0 Å². The largest absolute Gasteiger partial charge is 0.335 e. The maximum absolute atomic E-state index is 12.5. The Balaban J connectivity index is 1.51. The van der Waals surface area contributed by atoms with Crippen molar-refractivity contribution >= 4 is 44.8 Å². The normalized spacial score (nSPS) is 15.1. The monoisotopic (exact) mass is 435 g/mol. The fraction of sp³-hybridized carbons (Fsp3) is 0.368. The van der Waals surface area contributed by atoms with E-state index in [0.29, 0.717) is 32.7 Å². The topological polar surface area (TPSA) is 52.7 Å². The minimum Gasteiger partial charge on any atom is -0.335 e. The van der Waals surface area contributed by atoms with Crippen LogP contribution in [0.1, 0.15) is 20.8 Å². The zero-order chi connectivity index (χ0) is 18.7. The first-order valence-electron chi connectivity index (χ1n) is 8.57. The van der Waals surface area contributed by atoms with Gasteiger partial charge in [0.2, 0.25) is 5.91 Å². The molecule has 5 nitrogen and oxygen atoms in total. The van der Waals surface area contributed by atoms with Crippen molar-refractivity contribution in [2.75, 3.05) is 38.0 Å². The molecule has 2 amide bonds. The molecule has 0 bridgehead atoms. The number of amides is 2. The number of carbonyl (C=O) groups excluding carboxylic acids is 2. The predicted molar refractivity (Wildman–Crippen MR) is 109 cm³/mol. The second kappa shape index (κ2) is 8.33. The van der Waals surface area contributed by atoms with Crippen LogP contribution in [0.2, 0.25) is 0 Å². The Labute approximate surface area is 166 Å². The molecule has 138 valence electrons. The number of benzene rings is 1. The summed E-state index contributed by atoms with van der Waals surface area (Å²) in [4.78, 5) is 29.6. The van der Waals surface area contributed by atoms with Crippen LogP contribution in [0, 0.1) is 13.8 Å². The Morgan fingerprint density at radius 2 is 1.73 bits per heavy atom. The maximum atomic E-state index is 12.5. The number of nitrogens with zero attached hydrogens (tertiary/aromatic N) is 2. The smallest absolute Gasteiger partial charge is 0.264 e. The molecule has 1 fully saturated rings. The van der Waals surface area contributed by atoms with Gasteiger partial charge in [-0.05, 0) is 53.0 Å². The zero-order valence-electron chi connectivity index (χ0n) is 14.9. The number of halogens is 1. The van der Waals surface area contributed by atoms with Crippen LogP contribution >= 0.6 is 27.3 Å². The molecule has 2 heterocycles. The molecule has 1 aliphatic heterocycles. The zero-order valence-corrected chi connectivity index (χ0v) is 17.3. The van der Waals surface area contributed by atoms with Crippen LogP contribution in [0.4, 0.5) is 5.69 Å². The van der Waals surface area contributed by atoms with Gasteiger partial charge in [0, 0.05) is 31.9 Å². The highest BCUT2D eigenvalue weighted by atomic mass is 79.9. The van der Waals surface area contributed by atoms with Crippen LogP contribution < -0.4 is 5.32 Å². The number of aryl methyl sites for hydroxylation is 2. The summed E-state index contributed by atoms with van der Waals surface area (Å²) in [5.74, 6) is 0.0599. The molecule has 1 N–H and O–H groups in total. The third kappa shape index (κ3) is 4.52. The van der Waals surface area contributed by atoms with Crippen molar-refractivity contribution < 1.29 is 9.59 Å². The van der Waals surface area contributed by atoms with Gasteiger partial charge in [-0.25, -0.2) is 0 Å². The standard InChI is InChI=1S/C19H22BrN3O2S/c1-13-4-3-5-14(2)18(13)21-17(24)12-22-8-10-23(11-9-22)19(25)15-6-7-16(20)26-15/h3-7H,8-12H2,1-2H3,(H,21,24). The van der Waals surface area contributed by atoms with Crippen molar-refractivity contribution in [1.82, 2.24) is 9.80 Å². The SMILES string of the molecule is Cc1cccc(C)c1NC(=O)CN1CCN(C(=O)c2ccc(Br)s2)CC1. The van der Waals surface area contributed by atoms with Gasteiger partial charge in [0.05, 0.1) is 15.2 Å². The van der Waals surface area contributed by atoms with Gasteiger partial charge in [-0.15, -0.1) is 11.3 Å². The molecule has 0 aliphatic carbocycles. The van der Waals surface area contributed by atoms with E-state index in [9.17, 15) is 9.59 Å². The lowest BCUT2D eigenvalue weighted by Crippen LogP contribution is -2.50. The highest BCUT2D eigenvalue weighted by molar-refractivity contribution is 9.11. The van der Waals surface area contributed by atoms with Gasteiger partial charge in [-0.3, -0.25) is 14.5 Å². The number of para-hydroxylation sites is 1. The number of hydrogen-bond donors (Lipinski definition) is 1. The van der Waals surface area contributed by atoms with Gasteiger partial charge in [-0.2, -0.15) is 0 Å². The molecule has 0 atom stereocenters. The molecule has 2 aromatic rings. The number of piperazine rings is 1. The highest BCUT2D eigenvalue weighted by Crippen LogP contribution is 2.24. The predicted octanol–water partition coefficient (Wildman–Crippen LogP) is 3.52. The number of carbonyl (C=O) groups is 2.